The van der Waals surface area contributed by atoms with Gasteiger partial charge in [-0.15, -0.1) is 24.2 Å². The molecule has 0 spiro atoms. The molecule has 7 heteroatoms. The van der Waals surface area contributed by atoms with Crippen LogP contribution in [0.1, 0.15) is 37.8 Å². The van der Waals surface area contributed by atoms with E-state index in [0.29, 0.717) is 6.54 Å². The van der Waals surface area contributed by atoms with Gasteiger partial charge < -0.3 is 15.1 Å². The number of nitrogens with zero attached hydrogens (tertiary/aromatic N) is 2. The molecule has 0 aliphatic carbocycles. The lowest BCUT2D eigenvalue weighted by atomic mass is 9.80. The van der Waals surface area contributed by atoms with Gasteiger partial charge in [0.2, 0.25) is 11.8 Å². The van der Waals surface area contributed by atoms with E-state index in [2.05, 4.69) is 76.9 Å². The highest BCUT2D eigenvalue weighted by Crippen LogP contribution is 2.35. The zero-order valence-corrected chi connectivity index (χ0v) is 25.5. The quantitative estimate of drug-likeness (QED) is 0.225. The Morgan fingerprint density at radius 2 is 1.59 bits per heavy atom. The zero-order chi connectivity index (χ0) is 28.1. The Hall–Kier alpha value is -3.48. The second-order valence-corrected chi connectivity index (χ2v) is 12.2. The average Bonchev–Trinajstić information content (AvgIpc) is 2.97. The lowest BCUT2D eigenvalue weighted by molar-refractivity contribution is -0.129. The minimum Gasteiger partial charge on any atom is -0.371 e. The van der Waals surface area contributed by atoms with Gasteiger partial charge in [-0.05, 0) is 65.9 Å². The number of carbonyl (C=O) groups is 2. The van der Waals surface area contributed by atoms with Crippen molar-refractivity contribution in [3.8, 4) is 0 Å². The molecule has 41 heavy (non-hydrogen) atoms. The van der Waals surface area contributed by atoms with Crippen LogP contribution < -0.4 is 10.2 Å². The van der Waals surface area contributed by atoms with Crippen LogP contribution in [0.25, 0.3) is 10.8 Å². The highest BCUT2D eigenvalue weighted by atomic mass is 35.5. The molecule has 1 unspecified atom stereocenters. The third kappa shape index (κ3) is 7.24. The number of benzene rings is 4. The summed E-state index contributed by atoms with van der Waals surface area (Å²) in [6, 6.07) is 33.5. The van der Waals surface area contributed by atoms with Crippen LogP contribution in [0.15, 0.2) is 102 Å². The molecule has 5 rings (SSSR count). The largest absolute Gasteiger partial charge is 0.371 e. The molecule has 4 aromatic rings. The van der Waals surface area contributed by atoms with Gasteiger partial charge in [-0.3, -0.25) is 9.59 Å². The van der Waals surface area contributed by atoms with Gasteiger partial charge in [-0.1, -0.05) is 72.8 Å². The minimum atomic E-state index is -0.341. The number of rotatable bonds is 8. The van der Waals surface area contributed by atoms with Crippen molar-refractivity contribution in [3.05, 3.63) is 108 Å². The van der Waals surface area contributed by atoms with E-state index in [1.807, 2.05) is 49.2 Å². The van der Waals surface area contributed by atoms with E-state index in [9.17, 15) is 9.59 Å². The predicted molar refractivity (Wildman–Crippen MR) is 173 cm³/mol. The van der Waals surface area contributed by atoms with Crippen LogP contribution in [-0.4, -0.2) is 42.1 Å². The standard InChI is InChI=1S/C34H37N3O2S.ClH/c1-25(40-32-17-16-28-11-7-8-12-29(28)23-32)33(39)36(3)24-27-10-9-15-31(22-27)37-20-18-34(19-21-37,35-26(2)38)30-13-5-4-6-14-30;/h4-17,22-23,25H,18-21,24H2,1-3H3,(H,35,38);1H. The number of hydrogen-bond donors (Lipinski definition) is 1. The van der Waals surface area contributed by atoms with Crippen LogP contribution in [0.3, 0.4) is 0 Å². The van der Waals surface area contributed by atoms with Gasteiger partial charge in [-0.25, -0.2) is 0 Å². The first-order valence-electron chi connectivity index (χ1n) is 13.9. The van der Waals surface area contributed by atoms with E-state index in [-0.39, 0.29) is 35.0 Å². The van der Waals surface area contributed by atoms with Crippen LogP contribution in [-0.2, 0) is 21.7 Å². The molecule has 1 N–H and O–H groups in total. The fourth-order valence-corrected chi connectivity index (χ4v) is 6.77. The smallest absolute Gasteiger partial charge is 0.235 e. The van der Waals surface area contributed by atoms with Gasteiger partial charge in [0.25, 0.3) is 0 Å². The summed E-state index contributed by atoms with van der Waals surface area (Å²) in [5, 5.41) is 5.47. The second kappa shape index (κ2) is 13.5. The van der Waals surface area contributed by atoms with Crippen LogP contribution in [0.5, 0.6) is 0 Å². The third-order valence-corrected chi connectivity index (χ3v) is 8.89. The molecule has 214 valence electrons. The van der Waals surface area contributed by atoms with Crippen molar-refractivity contribution in [1.29, 1.82) is 0 Å². The summed E-state index contributed by atoms with van der Waals surface area (Å²) in [6.45, 7) is 5.82. The Kier molecular flexibility index (Phi) is 10.0. The van der Waals surface area contributed by atoms with E-state index < -0.39 is 0 Å². The van der Waals surface area contributed by atoms with Crippen molar-refractivity contribution in [2.45, 2.75) is 48.9 Å². The SMILES string of the molecule is CC(=O)NC1(c2ccccc2)CCN(c2cccc(CN(C)C(=O)C(C)Sc3ccc4ccccc4c3)c2)CC1.Cl. The van der Waals surface area contributed by atoms with Gasteiger partial charge in [0.1, 0.15) is 0 Å². The monoisotopic (exact) mass is 587 g/mol. The number of anilines is 1. The minimum absolute atomic E-state index is 0. The van der Waals surface area contributed by atoms with Crippen LogP contribution in [0.4, 0.5) is 5.69 Å². The summed E-state index contributed by atoms with van der Waals surface area (Å²) in [7, 11) is 1.88. The predicted octanol–water partition coefficient (Wildman–Crippen LogP) is 7.03. The molecule has 1 atom stereocenters. The summed E-state index contributed by atoms with van der Waals surface area (Å²) < 4.78 is 0. The van der Waals surface area contributed by atoms with E-state index in [1.54, 1.807) is 18.7 Å². The van der Waals surface area contributed by atoms with Crippen molar-refractivity contribution in [2.75, 3.05) is 25.0 Å². The van der Waals surface area contributed by atoms with E-state index in [4.69, 9.17) is 0 Å². The average molecular weight is 588 g/mol. The van der Waals surface area contributed by atoms with Gasteiger partial charge in [0.15, 0.2) is 0 Å². The molecule has 1 heterocycles. The van der Waals surface area contributed by atoms with Gasteiger partial charge in [0, 0.05) is 44.2 Å². The van der Waals surface area contributed by atoms with E-state index >= 15 is 0 Å². The number of halogens is 1. The Balaban J connectivity index is 0.00000387. The molecule has 0 saturated carbocycles. The molecule has 1 aliphatic heterocycles. The lowest BCUT2D eigenvalue weighted by Gasteiger charge is -2.43. The Morgan fingerprint density at radius 3 is 2.29 bits per heavy atom. The van der Waals surface area contributed by atoms with Crippen molar-refractivity contribution >= 4 is 52.4 Å². The third-order valence-electron chi connectivity index (χ3n) is 7.81. The molecule has 0 radical (unpaired) electrons. The van der Waals surface area contributed by atoms with Gasteiger partial charge in [0.05, 0.1) is 10.8 Å². The number of amides is 2. The molecular weight excluding hydrogens is 550 g/mol. The molecule has 5 nitrogen and oxygen atoms in total. The number of nitrogens with one attached hydrogen (secondary N) is 1. The molecule has 4 aromatic carbocycles. The molecule has 1 saturated heterocycles. The summed E-state index contributed by atoms with van der Waals surface area (Å²) in [5.74, 6) is 0.115. The van der Waals surface area contributed by atoms with E-state index in [1.165, 1.54) is 10.8 Å². The number of thioether (sulfide) groups is 1. The highest BCUT2D eigenvalue weighted by Gasteiger charge is 2.37. The fourth-order valence-electron chi connectivity index (χ4n) is 5.74. The number of piperidine rings is 1. The molecule has 2 amide bonds. The van der Waals surface area contributed by atoms with Gasteiger partial charge in [-0.2, -0.15) is 0 Å². The van der Waals surface area contributed by atoms with Crippen molar-refractivity contribution in [3.63, 3.8) is 0 Å². The normalized spacial score (nSPS) is 15.0. The maximum absolute atomic E-state index is 13.3. The summed E-state index contributed by atoms with van der Waals surface area (Å²) in [4.78, 5) is 30.7. The Labute approximate surface area is 253 Å². The molecule has 1 fully saturated rings. The lowest BCUT2D eigenvalue weighted by Crippen LogP contribution is -2.52. The summed E-state index contributed by atoms with van der Waals surface area (Å²) in [6.07, 6.45) is 1.67. The Bertz CT molecular complexity index is 1490. The number of fused-ring (bicyclic) bond motifs is 1. The first-order valence-corrected chi connectivity index (χ1v) is 14.8. The first-order chi connectivity index (χ1) is 19.3. The van der Waals surface area contributed by atoms with E-state index in [0.717, 1.165) is 47.6 Å². The second-order valence-electron chi connectivity index (χ2n) is 10.7. The van der Waals surface area contributed by atoms with Gasteiger partial charge >= 0.3 is 0 Å². The number of carbonyl (C=O) groups excluding carboxylic acids is 2. The fraction of sp³-hybridized carbons (Fsp3) is 0.294. The summed E-state index contributed by atoms with van der Waals surface area (Å²) >= 11 is 1.60. The first kappa shape index (κ1) is 30.5. The van der Waals surface area contributed by atoms with Crippen LogP contribution in [0, 0.1) is 0 Å². The van der Waals surface area contributed by atoms with Crippen molar-refractivity contribution in [2.24, 2.45) is 0 Å². The molecule has 1 aliphatic rings. The van der Waals surface area contributed by atoms with Crippen LogP contribution >= 0.6 is 24.2 Å². The van der Waals surface area contributed by atoms with Crippen molar-refractivity contribution < 1.29 is 9.59 Å². The zero-order valence-electron chi connectivity index (χ0n) is 23.9. The highest BCUT2D eigenvalue weighted by molar-refractivity contribution is 8.00. The number of hydrogen-bond acceptors (Lipinski definition) is 4. The van der Waals surface area contributed by atoms with Crippen molar-refractivity contribution in [1.82, 2.24) is 10.2 Å². The van der Waals surface area contributed by atoms with Crippen LogP contribution in [0.2, 0.25) is 0 Å². The maximum Gasteiger partial charge on any atom is 0.235 e. The molecule has 0 aromatic heterocycles. The molecular formula is C34H38ClN3O2S. The maximum atomic E-state index is 13.3. The molecule has 0 bridgehead atoms. The summed E-state index contributed by atoms with van der Waals surface area (Å²) in [5.41, 5.74) is 3.08. The topological polar surface area (TPSA) is 52.7 Å². The Morgan fingerprint density at radius 1 is 0.902 bits per heavy atom.